The molecule has 194 valence electrons. The van der Waals surface area contributed by atoms with Gasteiger partial charge >= 0.3 is 5.97 Å². The molecule has 2 heterocycles. The normalized spacial score (nSPS) is 17.8. The number of aliphatic carboxylic acids is 1. The Morgan fingerprint density at radius 2 is 1.86 bits per heavy atom. The van der Waals surface area contributed by atoms with Gasteiger partial charge in [0.05, 0.1) is 19.1 Å². The van der Waals surface area contributed by atoms with Crippen molar-refractivity contribution in [2.24, 2.45) is 11.5 Å². The number of benzene rings is 1. The number of H-pyrrole nitrogens is 1. The standard InChI is InChI=1S/C23H30N6O7/c24-14(8-12-10-26-15-5-2-1-4-13(12)15)20(32)27-16(9-19(25)31)22(34)29-7-3-6-18(29)21(33)28-17(11-30)23(35)36/h1-2,4-5,10,14,16-18,26,30H,3,6-9,11,24H2,(H2,25,31)(H,27,32)(H,28,33)(H,35,36). The van der Waals surface area contributed by atoms with E-state index in [1.165, 1.54) is 4.90 Å². The number of fused-ring (bicyclic) bond motifs is 1. The molecular weight excluding hydrogens is 472 g/mol. The first-order chi connectivity index (χ1) is 17.1. The van der Waals surface area contributed by atoms with E-state index < -0.39 is 66.8 Å². The van der Waals surface area contributed by atoms with Gasteiger partial charge in [-0.05, 0) is 30.9 Å². The number of aliphatic hydroxyl groups excluding tert-OH is 1. The van der Waals surface area contributed by atoms with Gasteiger partial charge in [-0.1, -0.05) is 18.2 Å². The first-order valence-electron chi connectivity index (χ1n) is 11.5. The lowest BCUT2D eigenvalue weighted by Crippen LogP contribution is -2.57. The van der Waals surface area contributed by atoms with E-state index in [0.717, 1.165) is 16.5 Å². The highest BCUT2D eigenvalue weighted by atomic mass is 16.4. The van der Waals surface area contributed by atoms with Gasteiger partial charge in [-0.2, -0.15) is 0 Å². The predicted octanol–water partition coefficient (Wildman–Crippen LogP) is -2.05. The van der Waals surface area contributed by atoms with Gasteiger partial charge < -0.3 is 42.2 Å². The third kappa shape index (κ3) is 6.17. The van der Waals surface area contributed by atoms with Gasteiger partial charge in [0.2, 0.25) is 23.6 Å². The predicted molar refractivity (Wildman–Crippen MR) is 127 cm³/mol. The van der Waals surface area contributed by atoms with Gasteiger partial charge in [0, 0.05) is 23.6 Å². The number of hydrogen-bond donors (Lipinski definition) is 7. The molecule has 4 atom stereocenters. The lowest BCUT2D eigenvalue weighted by atomic mass is 10.0. The lowest BCUT2D eigenvalue weighted by molar-refractivity contribution is -0.146. The van der Waals surface area contributed by atoms with Crippen molar-refractivity contribution in [3.8, 4) is 0 Å². The number of primary amides is 1. The number of hydrogen-bond acceptors (Lipinski definition) is 7. The van der Waals surface area contributed by atoms with E-state index in [1.54, 1.807) is 6.20 Å². The van der Waals surface area contributed by atoms with Crippen LogP contribution in [0.5, 0.6) is 0 Å². The second kappa shape index (κ2) is 11.6. The average Bonchev–Trinajstić information content (AvgIpc) is 3.48. The number of carbonyl (C=O) groups excluding carboxylic acids is 4. The van der Waals surface area contributed by atoms with Crippen molar-refractivity contribution in [2.45, 2.75) is 49.9 Å². The first kappa shape index (κ1) is 26.6. The van der Waals surface area contributed by atoms with Gasteiger partial charge in [-0.3, -0.25) is 19.2 Å². The van der Waals surface area contributed by atoms with Gasteiger partial charge in [-0.25, -0.2) is 4.79 Å². The molecule has 13 nitrogen and oxygen atoms in total. The van der Waals surface area contributed by atoms with Crippen molar-refractivity contribution in [3.63, 3.8) is 0 Å². The molecule has 1 aromatic heterocycles. The van der Waals surface area contributed by atoms with E-state index in [2.05, 4.69) is 15.6 Å². The Hall–Kier alpha value is -3.97. The number of aliphatic hydroxyl groups is 1. The molecule has 0 aliphatic carbocycles. The summed E-state index contributed by atoms with van der Waals surface area (Å²) in [4.78, 5) is 65.8. The minimum atomic E-state index is -1.53. The maximum atomic E-state index is 13.2. The molecule has 0 radical (unpaired) electrons. The zero-order valence-electron chi connectivity index (χ0n) is 19.5. The minimum Gasteiger partial charge on any atom is -0.480 e. The second-order valence-electron chi connectivity index (χ2n) is 8.67. The van der Waals surface area contributed by atoms with Crippen LogP contribution in [0.2, 0.25) is 0 Å². The summed E-state index contributed by atoms with van der Waals surface area (Å²) in [7, 11) is 0. The fourth-order valence-electron chi connectivity index (χ4n) is 4.27. The Kier molecular flexibility index (Phi) is 8.61. The second-order valence-corrected chi connectivity index (χ2v) is 8.67. The summed E-state index contributed by atoms with van der Waals surface area (Å²) in [6, 6.07) is 2.54. The average molecular weight is 503 g/mol. The number of amides is 4. The topological polar surface area (TPSA) is 221 Å². The van der Waals surface area contributed by atoms with E-state index >= 15 is 0 Å². The zero-order valence-corrected chi connectivity index (χ0v) is 19.5. The molecule has 9 N–H and O–H groups in total. The number of rotatable bonds is 11. The number of nitrogens with zero attached hydrogens (tertiary/aromatic N) is 1. The first-order valence-corrected chi connectivity index (χ1v) is 11.5. The van der Waals surface area contributed by atoms with E-state index in [9.17, 15) is 24.0 Å². The molecular formula is C23H30N6O7. The highest BCUT2D eigenvalue weighted by molar-refractivity contribution is 5.96. The smallest absolute Gasteiger partial charge is 0.328 e. The fraction of sp³-hybridized carbons (Fsp3) is 0.435. The van der Waals surface area contributed by atoms with E-state index in [-0.39, 0.29) is 19.4 Å². The minimum absolute atomic E-state index is 0.153. The molecule has 2 aromatic rings. The van der Waals surface area contributed by atoms with Crippen LogP contribution in [0.3, 0.4) is 0 Å². The number of aromatic nitrogens is 1. The maximum Gasteiger partial charge on any atom is 0.328 e. The summed E-state index contributed by atoms with van der Waals surface area (Å²) in [5.74, 6) is -4.42. The van der Waals surface area contributed by atoms with Crippen LogP contribution in [0.15, 0.2) is 30.5 Å². The summed E-state index contributed by atoms with van der Waals surface area (Å²) in [5.41, 5.74) is 13.1. The Morgan fingerprint density at radius 1 is 1.14 bits per heavy atom. The van der Waals surface area contributed by atoms with Crippen LogP contribution in [0.4, 0.5) is 0 Å². The van der Waals surface area contributed by atoms with Gasteiger partial charge in [0.15, 0.2) is 0 Å². The van der Waals surface area contributed by atoms with Crippen molar-refractivity contribution < 1.29 is 34.2 Å². The highest BCUT2D eigenvalue weighted by Gasteiger charge is 2.39. The van der Waals surface area contributed by atoms with Crippen molar-refractivity contribution in [3.05, 3.63) is 36.0 Å². The number of carboxylic acid groups (broad SMARTS) is 1. The van der Waals surface area contributed by atoms with E-state index in [0.29, 0.717) is 6.42 Å². The molecule has 4 unspecified atom stereocenters. The maximum absolute atomic E-state index is 13.2. The van der Waals surface area contributed by atoms with Crippen LogP contribution in [0.25, 0.3) is 10.9 Å². The zero-order chi connectivity index (χ0) is 26.4. The van der Waals surface area contributed by atoms with Crippen LogP contribution < -0.4 is 22.1 Å². The van der Waals surface area contributed by atoms with Crippen LogP contribution in [-0.2, 0) is 30.4 Å². The number of aromatic amines is 1. The Morgan fingerprint density at radius 3 is 2.53 bits per heavy atom. The van der Waals surface area contributed by atoms with Crippen LogP contribution in [0, 0.1) is 0 Å². The quantitative estimate of drug-likeness (QED) is 0.181. The van der Waals surface area contributed by atoms with Gasteiger partial charge in [0.25, 0.3) is 0 Å². The molecule has 1 aromatic carbocycles. The number of likely N-dealkylation sites (tertiary alicyclic amines) is 1. The largest absolute Gasteiger partial charge is 0.480 e. The summed E-state index contributed by atoms with van der Waals surface area (Å²) in [6.45, 7) is -0.670. The summed E-state index contributed by atoms with van der Waals surface area (Å²) in [6.07, 6.45) is 2.09. The van der Waals surface area contributed by atoms with Crippen LogP contribution in [0.1, 0.15) is 24.8 Å². The van der Waals surface area contributed by atoms with E-state index in [1.807, 2.05) is 24.3 Å². The molecule has 0 spiro atoms. The van der Waals surface area contributed by atoms with E-state index in [4.69, 9.17) is 21.7 Å². The Balaban J connectivity index is 1.70. The molecule has 36 heavy (non-hydrogen) atoms. The molecule has 1 aliphatic heterocycles. The van der Waals surface area contributed by atoms with Crippen molar-refractivity contribution in [1.82, 2.24) is 20.5 Å². The summed E-state index contributed by atoms with van der Waals surface area (Å²) >= 11 is 0. The van der Waals surface area contributed by atoms with Crippen LogP contribution >= 0.6 is 0 Å². The molecule has 1 fully saturated rings. The fourth-order valence-corrected chi connectivity index (χ4v) is 4.27. The molecule has 0 saturated carbocycles. The van der Waals surface area contributed by atoms with Gasteiger partial charge in [0.1, 0.15) is 18.1 Å². The molecule has 1 aliphatic rings. The molecule has 3 rings (SSSR count). The monoisotopic (exact) mass is 502 g/mol. The molecule has 0 bridgehead atoms. The number of carboxylic acids is 1. The Bertz CT molecular complexity index is 1150. The number of para-hydroxylation sites is 1. The number of nitrogens with two attached hydrogens (primary N) is 2. The Labute approximate surface area is 206 Å². The third-order valence-corrected chi connectivity index (χ3v) is 6.11. The van der Waals surface area contributed by atoms with Crippen molar-refractivity contribution >= 4 is 40.5 Å². The molecule has 1 saturated heterocycles. The van der Waals surface area contributed by atoms with Gasteiger partial charge in [-0.15, -0.1) is 0 Å². The lowest BCUT2D eigenvalue weighted by Gasteiger charge is -2.29. The molecule has 13 heteroatoms. The van der Waals surface area contributed by atoms with Crippen molar-refractivity contribution in [2.75, 3.05) is 13.2 Å². The highest BCUT2D eigenvalue weighted by Crippen LogP contribution is 2.21. The summed E-state index contributed by atoms with van der Waals surface area (Å²) < 4.78 is 0. The SMILES string of the molecule is NC(=O)CC(NC(=O)C(N)Cc1c[nH]c2ccccc12)C(=O)N1CCCC1C(=O)NC(CO)C(=O)O. The van der Waals surface area contributed by atoms with Crippen LogP contribution in [-0.4, -0.2) is 87.0 Å². The third-order valence-electron chi connectivity index (χ3n) is 6.11. The number of nitrogens with one attached hydrogen (secondary N) is 3. The summed E-state index contributed by atoms with van der Waals surface area (Å²) in [5, 5.41) is 23.8. The number of carbonyl (C=O) groups is 5. The van der Waals surface area contributed by atoms with Crippen molar-refractivity contribution in [1.29, 1.82) is 0 Å². The molecule has 4 amide bonds.